The normalized spacial score (nSPS) is 19.8. The third-order valence-electron chi connectivity index (χ3n) is 6.43. The first-order valence-electron chi connectivity index (χ1n) is 10.7. The van der Waals surface area contributed by atoms with Crippen molar-refractivity contribution in [1.29, 1.82) is 0 Å². The van der Waals surface area contributed by atoms with E-state index < -0.39 is 0 Å². The van der Waals surface area contributed by atoms with Crippen LogP contribution in [0.4, 0.5) is 0 Å². The van der Waals surface area contributed by atoms with Crippen LogP contribution in [-0.4, -0.2) is 19.2 Å². The molecule has 5 nitrogen and oxygen atoms in total. The first-order chi connectivity index (χ1) is 14.2. The summed E-state index contributed by atoms with van der Waals surface area (Å²) < 4.78 is 3.79. The van der Waals surface area contributed by atoms with E-state index in [0.717, 1.165) is 40.8 Å². The molecule has 1 fully saturated rings. The molecule has 0 saturated heterocycles. The Morgan fingerprint density at radius 3 is 2.66 bits per heavy atom. The smallest absolute Gasteiger partial charge is 0.261 e. The van der Waals surface area contributed by atoms with Gasteiger partial charge in [0.15, 0.2) is 5.65 Å². The van der Waals surface area contributed by atoms with Crippen molar-refractivity contribution in [3.8, 4) is 11.1 Å². The van der Waals surface area contributed by atoms with Crippen LogP contribution in [0.1, 0.15) is 51.3 Å². The fourth-order valence-corrected chi connectivity index (χ4v) is 4.85. The summed E-state index contributed by atoms with van der Waals surface area (Å²) in [6, 6.07) is 12.6. The Morgan fingerprint density at radius 1 is 1.10 bits per heavy atom. The minimum atomic E-state index is 0.0467. The third kappa shape index (κ3) is 2.87. The van der Waals surface area contributed by atoms with Crippen LogP contribution in [0.3, 0.4) is 0 Å². The minimum Gasteiger partial charge on any atom is -0.312 e. The summed E-state index contributed by atoms with van der Waals surface area (Å²) in [6.07, 6.45) is 9.23. The molecule has 29 heavy (non-hydrogen) atoms. The summed E-state index contributed by atoms with van der Waals surface area (Å²) in [5.41, 5.74) is 4.85. The second-order valence-electron chi connectivity index (χ2n) is 8.19. The van der Waals surface area contributed by atoms with Crippen molar-refractivity contribution in [2.24, 2.45) is 5.92 Å². The Hall–Kier alpha value is -2.95. The molecule has 0 radical (unpaired) electrons. The first kappa shape index (κ1) is 18.1. The van der Waals surface area contributed by atoms with Gasteiger partial charge in [-0.1, -0.05) is 57.0 Å². The van der Waals surface area contributed by atoms with Crippen molar-refractivity contribution < 1.29 is 0 Å². The first-order valence-corrected chi connectivity index (χ1v) is 10.7. The van der Waals surface area contributed by atoms with Crippen molar-refractivity contribution >= 4 is 16.6 Å². The van der Waals surface area contributed by atoms with Crippen molar-refractivity contribution in [3.63, 3.8) is 0 Å². The predicted molar refractivity (Wildman–Crippen MR) is 116 cm³/mol. The van der Waals surface area contributed by atoms with Crippen molar-refractivity contribution in [2.75, 3.05) is 0 Å². The highest BCUT2D eigenvalue weighted by Gasteiger charge is 2.25. The Bertz CT molecular complexity index is 1240. The summed E-state index contributed by atoms with van der Waals surface area (Å²) in [5, 5.41) is 5.48. The molecule has 1 aliphatic carbocycles. The van der Waals surface area contributed by atoms with E-state index in [1.807, 2.05) is 39.5 Å². The highest BCUT2D eigenvalue weighted by molar-refractivity contribution is 5.86. The van der Waals surface area contributed by atoms with Gasteiger partial charge in [0.25, 0.3) is 5.56 Å². The number of pyridine rings is 1. The summed E-state index contributed by atoms with van der Waals surface area (Å²) in [6.45, 7) is 4.36. The Balaban J connectivity index is 1.73. The van der Waals surface area contributed by atoms with Crippen LogP contribution in [0, 0.1) is 5.92 Å². The fraction of sp³-hybridized carbons (Fsp3) is 0.375. The lowest BCUT2D eigenvalue weighted by atomic mass is 9.85. The number of hydrogen-bond acceptors (Lipinski definition) is 3. The van der Waals surface area contributed by atoms with Gasteiger partial charge in [0.1, 0.15) is 0 Å². The molecule has 148 valence electrons. The molecular formula is C24H26N4O. The number of rotatable bonds is 3. The van der Waals surface area contributed by atoms with Crippen molar-refractivity contribution in [3.05, 3.63) is 64.8 Å². The summed E-state index contributed by atoms with van der Waals surface area (Å²) in [5.74, 6) is 0.525. The fourth-order valence-electron chi connectivity index (χ4n) is 4.85. The monoisotopic (exact) mass is 386 g/mol. The molecule has 3 aromatic heterocycles. The van der Waals surface area contributed by atoms with Gasteiger partial charge in [0.2, 0.25) is 0 Å². The molecule has 2 unspecified atom stereocenters. The van der Waals surface area contributed by atoms with Crippen LogP contribution < -0.4 is 5.56 Å². The van der Waals surface area contributed by atoms with Gasteiger partial charge >= 0.3 is 0 Å². The second kappa shape index (κ2) is 7.14. The molecule has 5 heteroatoms. The van der Waals surface area contributed by atoms with Crippen LogP contribution in [0.5, 0.6) is 0 Å². The molecule has 1 aliphatic rings. The Morgan fingerprint density at radius 2 is 1.90 bits per heavy atom. The third-order valence-corrected chi connectivity index (χ3v) is 6.43. The van der Waals surface area contributed by atoms with Crippen LogP contribution >= 0.6 is 0 Å². The number of benzene rings is 1. The number of hydrogen-bond donors (Lipinski definition) is 0. The number of aryl methyl sites for hydroxylation is 1. The van der Waals surface area contributed by atoms with E-state index >= 15 is 0 Å². The van der Waals surface area contributed by atoms with Crippen LogP contribution in [0.15, 0.2) is 53.6 Å². The molecule has 0 aliphatic heterocycles. The van der Waals surface area contributed by atoms with Gasteiger partial charge in [0, 0.05) is 24.0 Å². The summed E-state index contributed by atoms with van der Waals surface area (Å²) in [4.78, 5) is 18.0. The molecular weight excluding hydrogens is 360 g/mol. The molecule has 0 bridgehead atoms. The van der Waals surface area contributed by atoms with E-state index in [2.05, 4.69) is 26.0 Å². The van der Waals surface area contributed by atoms with Gasteiger partial charge in [-0.05, 0) is 36.8 Å². The highest BCUT2D eigenvalue weighted by atomic mass is 16.1. The minimum absolute atomic E-state index is 0.0467. The maximum absolute atomic E-state index is 13.3. The molecule has 3 heterocycles. The highest BCUT2D eigenvalue weighted by Crippen LogP contribution is 2.33. The van der Waals surface area contributed by atoms with E-state index in [1.165, 1.54) is 19.3 Å². The average molecular weight is 386 g/mol. The molecule has 4 aromatic rings. The summed E-state index contributed by atoms with van der Waals surface area (Å²) >= 11 is 0. The maximum Gasteiger partial charge on any atom is 0.261 e. The average Bonchev–Trinajstić information content (AvgIpc) is 3.14. The molecule has 1 aromatic carbocycles. The molecule has 0 N–H and O–H groups in total. The number of nitrogens with zero attached hydrogens (tertiary/aromatic N) is 4. The van der Waals surface area contributed by atoms with Gasteiger partial charge in [-0.15, -0.1) is 0 Å². The zero-order valence-corrected chi connectivity index (χ0v) is 17.0. The lowest BCUT2D eigenvalue weighted by molar-refractivity contribution is 0.253. The van der Waals surface area contributed by atoms with Crippen molar-refractivity contribution in [1.82, 2.24) is 19.2 Å². The van der Waals surface area contributed by atoms with Gasteiger partial charge in [0.05, 0.1) is 16.6 Å². The standard InChI is InChI=1S/C24H26N4O/c1-3-19-22(17-10-5-4-6-11-17)23-25-15-18-21(28(23)26-19)13-14-27(24(18)29)20-12-8-7-9-16(20)2/h4-6,10-11,13-16,20H,3,7-9,12H2,1-2H3. The maximum atomic E-state index is 13.3. The van der Waals surface area contributed by atoms with E-state index in [9.17, 15) is 4.79 Å². The van der Waals surface area contributed by atoms with E-state index in [-0.39, 0.29) is 11.6 Å². The lowest BCUT2D eigenvalue weighted by Crippen LogP contribution is -2.30. The van der Waals surface area contributed by atoms with E-state index in [4.69, 9.17) is 10.1 Å². The molecule has 0 spiro atoms. The second-order valence-corrected chi connectivity index (χ2v) is 8.19. The predicted octanol–water partition coefficient (Wildman–Crippen LogP) is 5.02. The Labute approximate surface area is 170 Å². The zero-order chi connectivity index (χ0) is 20.0. The number of fused-ring (bicyclic) bond motifs is 3. The van der Waals surface area contributed by atoms with Gasteiger partial charge in [-0.2, -0.15) is 5.10 Å². The summed E-state index contributed by atoms with van der Waals surface area (Å²) in [7, 11) is 0. The Kier molecular flexibility index (Phi) is 4.46. The SMILES string of the molecule is CCc1nn2c(ncc3c(=O)n(C4CCCCC4C)ccc32)c1-c1ccccc1. The quantitative estimate of drug-likeness (QED) is 0.496. The molecule has 1 saturated carbocycles. The van der Waals surface area contributed by atoms with Crippen molar-refractivity contribution in [2.45, 2.75) is 52.0 Å². The van der Waals surface area contributed by atoms with E-state index in [1.54, 1.807) is 6.20 Å². The topological polar surface area (TPSA) is 52.2 Å². The zero-order valence-electron chi connectivity index (χ0n) is 17.0. The van der Waals surface area contributed by atoms with Crippen LogP contribution in [0.25, 0.3) is 27.7 Å². The van der Waals surface area contributed by atoms with Crippen LogP contribution in [0.2, 0.25) is 0 Å². The van der Waals surface area contributed by atoms with E-state index in [0.29, 0.717) is 11.3 Å². The van der Waals surface area contributed by atoms with Gasteiger partial charge in [-0.25, -0.2) is 9.50 Å². The number of aromatic nitrogens is 4. The van der Waals surface area contributed by atoms with Gasteiger partial charge < -0.3 is 4.57 Å². The van der Waals surface area contributed by atoms with Gasteiger partial charge in [-0.3, -0.25) is 4.79 Å². The molecule has 2 atom stereocenters. The molecule has 0 amide bonds. The molecule has 5 rings (SSSR count). The van der Waals surface area contributed by atoms with Crippen LogP contribution in [-0.2, 0) is 6.42 Å². The largest absolute Gasteiger partial charge is 0.312 e. The lowest BCUT2D eigenvalue weighted by Gasteiger charge is -2.30.